The van der Waals surface area contributed by atoms with E-state index in [1.54, 1.807) is 34.9 Å². The molecule has 1 aromatic heterocycles. The second-order valence-electron chi connectivity index (χ2n) is 6.18. The zero-order valence-electron chi connectivity index (χ0n) is 13.5. The highest BCUT2D eigenvalue weighted by molar-refractivity contribution is 7.99. The van der Waals surface area contributed by atoms with Crippen molar-refractivity contribution in [1.29, 1.82) is 5.26 Å². The number of benzene rings is 2. The molecule has 1 heterocycles. The van der Waals surface area contributed by atoms with Gasteiger partial charge in [-0.15, -0.1) is 23.2 Å². The summed E-state index contributed by atoms with van der Waals surface area (Å²) in [7, 11) is 0. The Hall–Kier alpha value is -2.00. The number of nitrogens with zero attached hydrogens (tertiary/aromatic N) is 3. The van der Waals surface area contributed by atoms with Crippen LogP contribution < -0.4 is 5.56 Å². The average Bonchev–Trinajstić information content (AvgIpc) is 3.27. The molecular formula is C19H13Cl2N3OS. The van der Waals surface area contributed by atoms with Gasteiger partial charge in [-0.05, 0) is 42.8 Å². The molecule has 4 rings (SSSR count). The van der Waals surface area contributed by atoms with Gasteiger partial charge in [0.15, 0.2) is 5.16 Å². The molecule has 0 saturated heterocycles. The first kappa shape index (κ1) is 17.4. The van der Waals surface area contributed by atoms with Gasteiger partial charge in [0, 0.05) is 11.7 Å². The van der Waals surface area contributed by atoms with Crippen LogP contribution in [0.2, 0.25) is 0 Å². The lowest BCUT2D eigenvalue weighted by Crippen LogP contribution is -2.22. The van der Waals surface area contributed by atoms with Gasteiger partial charge in [-0.3, -0.25) is 9.36 Å². The summed E-state index contributed by atoms with van der Waals surface area (Å²) < 4.78 is 0.921. The van der Waals surface area contributed by atoms with Gasteiger partial charge in [0.25, 0.3) is 5.56 Å². The molecular weight excluding hydrogens is 389 g/mol. The van der Waals surface area contributed by atoms with Gasteiger partial charge in [0.05, 0.1) is 28.2 Å². The van der Waals surface area contributed by atoms with Gasteiger partial charge < -0.3 is 0 Å². The van der Waals surface area contributed by atoms with Crippen LogP contribution in [0.5, 0.6) is 0 Å². The summed E-state index contributed by atoms with van der Waals surface area (Å²) in [6, 6.07) is 16.2. The van der Waals surface area contributed by atoms with Crippen LogP contribution >= 0.6 is 35.0 Å². The molecule has 7 heteroatoms. The molecule has 0 N–H and O–H groups in total. The molecule has 1 saturated carbocycles. The van der Waals surface area contributed by atoms with Crippen LogP contribution in [0.3, 0.4) is 0 Å². The quantitative estimate of drug-likeness (QED) is 0.365. The molecule has 1 unspecified atom stereocenters. The van der Waals surface area contributed by atoms with Crippen LogP contribution in [-0.2, 0) is 0 Å². The number of hydrogen-bond acceptors (Lipinski definition) is 4. The zero-order valence-corrected chi connectivity index (χ0v) is 15.9. The van der Waals surface area contributed by atoms with Crippen LogP contribution in [0, 0.1) is 17.2 Å². The van der Waals surface area contributed by atoms with Crippen molar-refractivity contribution in [3.8, 4) is 11.8 Å². The molecule has 4 nitrogen and oxygen atoms in total. The Morgan fingerprint density at radius 2 is 1.92 bits per heavy atom. The normalized spacial score (nSPS) is 17.8. The maximum atomic E-state index is 13.1. The van der Waals surface area contributed by atoms with Crippen molar-refractivity contribution < 1.29 is 0 Å². The standard InChI is InChI=1S/C19H13Cl2N3OS/c20-19(21)9-13(19)11-26-18-23-16-4-2-1-3-15(16)17(25)24(18)14-7-5-12(10-22)6-8-14/h1-8,13H,9,11H2. The van der Waals surface area contributed by atoms with Crippen LogP contribution in [0.25, 0.3) is 16.6 Å². The molecule has 0 amide bonds. The highest BCUT2D eigenvalue weighted by atomic mass is 35.5. The third kappa shape index (κ3) is 3.21. The predicted molar refractivity (Wildman–Crippen MR) is 105 cm³/mol. The topological polar surface area (TPSA) is 58.7 Å². The number of aromatic nitrogens is 2. The maximum absolute atomic E-state index is 13.1. The molecule has 0 spiro atoms. The molecule has 0 aliphatic heterocycles. The van der Waals surface area contributed by atoms with Gasteiger partial charge in [0.1, 0.15) is 4.33 Å². The lowest BCUT2D eigenvalue weighted by Gasteiger charge is -2.13. The Bertz CT molecular complexity index is 1090. The van der Waals surface area contributed by atoms with Crippen molar-refractivity contribution in [3.63, 3.8) is 0 Å². The molecule has 130 valence electrons. The van der Waals surface area contributed by atoms with Crippen molar-refractivity contribution in [3.05, 3.63) is 64.4 Å². The number of para-hydroxylation sites is 1. The molecule has 26 heavy (non-hydrogen) atoms. The number of alkyl halides is 2. The summed E-state index contributed by atoms with van der Waals surface area (Å²) in [5.41, 5.74) is 1.73. The molecule has 1 aliphatic carbocycles. The van der Waals surface area contributed by atoms with E-state index >= 15 is 0 Å². The highest BCUT2D eigenvalue weighted by Crippen LogP contribution is 2.54. The van der Waals surface area contributed by atoms with Crippen molar-refractivity contribution >= 4 is 45.9 Å². The lowest BCUT2D eigenvalue weighted by molar-refractivity contribution is 0.816. The third-order valence-electron chi connectivity index (χ3n) is 4.37. The second-order valence-corrected chi connectivity index (χ2v) is 8.71. The monoisotopic (exact) mass is 401 g/mol. The van der Waals surface area contributed by atoms with Gasteiger partial charge in [-0.25, -0.2) is 4.98 Å². The van der Waals surface area contributed by atoms with Crippen molar-refractivity contribution in [1.82, 2.24) is 9.55 Å². The van der Waals surface area contributed by atoms with Crippen molar-refractivity contribution in [2.24, 2.45) is 5.92 Å². The summed E-state index contributed by atoms with van der Waals surface area (Å²) in [4.78, 5) is 17.8. The van der Waals surface area contributed by atoms with Crippen molar-refractivity contribution in [2.45, 2.75) is 15.9 Å². The third-order valence-corrected chi connectivity index (χ3v) is 6.40. The smallest absolute Gasteiger partial charge is 0.266 e. The minimum Gasteiger partial charge on any atom is -0.268 e. The van der Waals surface area contributed by atoms with Gasteiger partial charge in [-0.2, -0.15) is 5.26 Å². The summed E-state index contributed by atoms with van der Waals surface area (Å²) >= 11 is 13.7. The highest BCUT2D eigenvalue weighted by Gasteiger charge is 2.51. The molecule has 1 aliphatic rings. The number of thioether (sulfide) groups is 1. The van der Waals surface area contributed by atoms with E-state index in [-0.39, 0.29) is 11.5 Å². The first-order valence-corrected chi connectivity index (χ1v) is 9.77. The van der Waals surface area contributed by atoms with E-state index in [9.17, 15) is 4.79 Å². The molecule has 0 bridgehead atoms. The number of hydrogen-bond donors (Lipinski definition) is 0. The molecule has 2 aromatic carbocycles. The Morgan fingerprint density at radius 1 is 1.23 bits per heavy atom. The fourth-order valence-electron chi connectivity index (χ4n) is 2.75. The van der Waals surface area contributed by atoms with E-state index in [0.717, 1.165) is 6.42 Å². The largest absolute Gasteiger partial charge is 0.268 e. The summed E-state index contributed by atoms with van der Waals surface area (Å²) in [6.07, 6.45) is 0.748. The first-order valence-electron chi connectivity index (χ1n) is 8.02. The average molecular weight is 402 g/mol. The Morgan fingerprint density at radius 3 is 2.58 bits per heavy atom. The second kappa shape index (κ2) is 6.62. The Labute approximate surface area is 164 Å². The van der Waals surface area contributed by atoms with E-state index in [4.69, 9.17) is 28.5 Å². The SMILES string of the molecule is N#Cc1ccc(-n2c(SCC3CC3(Cl)Cl)nc3ccccc3c2=O)cc1. The van der Waals surface area contributed by atoms with E-state index < -0.39 is 4.33 Å². The van der Waals surface area contributed by atoms with E-state index in [0.29, 0.717) is 33.1 Å². The Balaban J connectivity index is 1.82. The lowest BCUT2D eigenvalue weighted by atomic mass is 10.2. The van der Waals surface area contributed by atoms with Crippen LogP contribution in [0.15, 0.2) is 58.5 Å². The Kier molecular flexibility index (Phi) is 4.44. The molecule has 1 fully saturated rings. The number of fused-ring (bicyclic) bond motifs is 1. The van der Waals surface area contributed by atoms with E-state index in [1.807, 2.05) is 18.2 Å². The summed E-state index contributed by atoms with van der Waals surface area (Å²) in [6.45, 7) is 0. The summed E-state index contributed by atoms with van der Waals surface area (Å²) in [5.74, 6) is 0.877. The van der Waals surface area contributed by atoms with Gasteiger partial charge in [-0.1, -0.05) is 23.9 Å². The predicted octanol–water partition coefficient (Wildman–Crippen LogP) is 4.54. The van der Waals surface area contributed by atoms with Crippen LogP contribution in [0.1, 0.15) is 12.0 Å². The van der Waals surface area contributed by atoms with Crippen LogP contribution in [-0.4, -0.2) is 19.6 Å². The fourth-order valence-corrected chi connectivity index (χ4v) is 4.69. The maximum Gasteiger partial charge on any atom is 0.266 e. The van der Waals surface area contributed by atoms with Crippen molar-refractivity contribution in [2.75, 3.05) is 5.75 Å². The zero-order chi connectivity index (χ0) is 18.3. The summed E-state index contributed by atoms with van der Waals surface area (Å²) in [5, 5.41) is 10.1. The number of halogens is 2. The minimum absolute atomic E-state index is 0.137. The molecule has 3 aromatic rings. The first-order chi connectivity index (χ1) is 12.5. The number of nitriles is 1. The fraction of sp³-hybridized carbons (Fsp3) is 0.211. The van der Waals surface area contributed by atoms with Gasteiger partial charge in [0.2, 0.25) is 0 Å². The van der Waals surface area contributed by atoms with Gasteiger partial charge >= 0.3 is 0 Å². The minimum atomic E-state index is -0.663. The van der Waals surface area contributed by atoms with E-state index in [2.05, 4.69) is 11.1 Å². The van der Waals surface area contributed by atoms with Crippen LogP contribution in [0.4, 0.5) is 0 Å². The number of rotatable bonds is 4. The molecule has 0 radical (unpaired) electrons. The molecule has 1 atom stereocenters. The van der Waals surface area contributed by atoms with E-state index in [1.165, 1.54) is 11.8 Å².